The standard InChI is InChI=1S/C10H17N3/c1-2-13-10(8-4-3-5-8)6-9(7-11)12-13/h6,8H,2-5,7,11H2,1H3. The van der Waals surface area contributed by atoms with Gasteiger partial charge in [0.2, 0.25) is 0 Å². The predicted molar refractivity (Wildman–Crippen MR) is 52.4 cm³/mol. The van der Waals surface area contributed by atoms with E-state index in [1.54, 1.807) is 0 Å². The van der Waals surface area contributed by atoms with Crippen LogP contribution in [0.3, 0.4) is 0 Å². The molecule has 3 heteroatoms. The van der Waals surface area contributed by atoms with Gasteiger partial charge in [-0.2, -0.15) is 5.10 Å². The molecule has 72 valence electrons. The van der Waals surface area contributed by atoms with Crippen LogP contribution in [0.1, 0.15) is 43.5 Å². The van der Waals surface area contributed by atoms with Gasteiger partial charge in [0.05, 0.1) is 5.69 Å². The molecule has 1 aromatic rings. The summed E-state index contributed by atoms with van der Waals surface area (Å²) in [5.74, 6) is 0.757. The Morgan fingerprint density at radius 2 is 2.38 bits per heavy atom. The van der Waals surface area contributed by atoms with Crippen LogP contribution in [-0.2, 0) is 13.1 Å². The van der Waals surface area contributed by atoms with Gasteiger partial charge in [0.15, 0.2) is 0 Å². The van der Waals surface area contributed by atoms with Gasteiger partial charge < -0.3 is 5.73 Å². The minimum atomic E-state index is 0.562. The summed E-state index contributed by atoms with van der Waals surface area (Å²) in [5.41, 5.74) is 8.00. The van der Waals surface area contributed by atoms with Crippen LogP contribution in [0.25, 0.3) is 0 Å². The SMILES string of the molecule is CCn1nc(CN)cc1C1CCC1. The van der Waals surface area contributed by atoms with Crippen LogP contribution in [0.4, 0.5) is 0 Å². The highest BCUT2D eigenvalue weighted by Crippen LogP contribution is 2.36. The van der Waals surface area contributed by atoms with Gasteiger partial charge in [-0.25, -0.2) is 0 Å². The van der Waals surface area contributed by atoms with Crippen molar-refractivity contribution in [3.05, 3.63) is 17.5 Å². The monoisotopic (exact) mass is 179 g/mol. The van der Waals surface area contributed by atoms with E-state index >= 15 is 0 Å². The summed E-state index contributed by atoms with van der Waals surface area (Å²) in [5, 5.41) is 4.44. The summed E-state index contributed by atoms with van der Waals surface area (Å²) in [4.78, 5) is 0. The van der Waals surface area contributed by atoms with Gasteiger partial charge in [-0.05, 0) is 25.8 Å². The second-order valence-corrected chi connectivity index (χ2v) is 3.71. The molecule has 0 spiro atoms. The molecule has 1 aromatic heterocycles. The van der Waals surface area contributed by atoms with Gasteiger partial charge in [0.1, 0.15) is 0 Å². The fourth-order valence-corrected chi connectivity index (χ4v) is 1.87. The molecule has 0 saturated heterocycles. The van der Waals surface area contributed by atoms with E-state index in [-0.39, 0.29) is 0 Å². The normalized spacial score (nSPS) is 17.4. The quantitative estimate of drug-likeness (QED) is 0.766. The van der Waals surface area contributed by atoms with E-state index in [1.165, 1.54) is 25.0 Å². The van der Waals surface area contributed by atoms with Crippen molar-refractivity contribution < 1.29 is 0 Å². The van der Waals surface area contributed by atoms with Crippen LogP contribution >= 0.6 is 0 Å². The second-order valence-electron chi connectivity index (χ2n) is 3.71. The molecule has 2 rings (SSSR count). The first-order chi connectivity index (χ1) is 6.35. The molecule has 0 unspecified atom stereocenters. The largest absolute Gasteiger partial charge is 0.325 e. The minimum absolute atomic E-state index is 0.562. The van der Waals surface area contributed by atoms with Crippen LogP contribution in [0.15, 0.2) is 6.07 Å². The molecular formula is C10H17N3. The topological polar surface area (TPSA) is 43.8 Å². The Kier molecular flexibility index (Phi) is 2.36. The molecule has 1 aliphatic rings. The first-order valence-corrected chi connectivity index (χ1v) is 5.11. The molecule has 0 amide bonds. The predicted octanol–water partition coefficient (Wildman–Crippen LogP) is 1.63. The third-order valence-corrected chi connectivity index (χ3v) is 2.89. The number of aromatic nitrogens is 2. The van der Waals surface area contributed by atoms with Crippen LogP contribution in [0, 0.1) is 0 Å². The van der Waals surface area contributed by atoms with E-state index in [4.69, 9.17) is 5.73 Å². The number of aryl methyl sites for hydroxylation is 1. The van der Waals surface area contributed by atoms with E-state index < -0.39 is 0 Å². The van der Waals surface area contributed by atoms with Crippen molar-refractivity contribution in [1.82, 2.24) is 9.78 Å². The van der Waals surface area contributed by atoms with Gasteiger partial charge >= 0.3 is 0 Å². The van der Waals surface area contributed by atoms with Crippen molar-refractivity contribution in [2.45, 2.75) is 45.2 Å². The first kappa shape index (κ1) is 8.75. The fraction of sp³-hybridized carbons (Fsp3) is 0.700. The third kappa shape index (κ3) is 1.48. The Labute approximate surface area is 78.9 Å². The number of rotatable bonds is 3. The molecule has 13 heavy (non-hydrogen) atoms. The van der Waals surface area contributed by atoms with Gasteiger partial charge in [-0.1, -0.05) is 6.42 Å². The summed E-state index contributed by atoms with van der Waals surface area (Å²) in [6.45, 7) is 3.66. The maximum absolute atomic E-state index is 5.57. The zero-order chi connectivity index (χ0) is 9.26. The van der Waals surface area contributed by atoms with Gasteiger partial charge in [0.25, 0.3) is 0 Å². The van der Waals surface area contributed by atoms with Gasteiger partial charge in [0, 0.05) is 24.7 Å². The summed E-state index contributed by atoms with van der Waals surface area (Å²) >= 11 is 0. The fourth-order valence-electron chi connectivity index (χ4n) is 1.87. The van der Waals surface area contributed by atoms with E-state index in [2.05, 4.69) is 22.8 Å². The number of nitrogens with two attached hydrogens (primary N) is 1. The average Bonchev–Trinajstić information content (AvgIpc) is 2.45. The molecule has 2 N–H and O–H groups in total. The second kappa shape index (κ2) is 3.50. The van der Waals surface area contributed by atoms with Crippen molar-refractivity contribution >= 4 is 0 Å². The molecule has 1 heterocycles. The Bertz CT molecular complexity index is 286. The summed E-state index contributed by atoms with van der Waals surface area (Å²) < 4.78 is 2.10. The maximum atomic E-state index is 5.57. The van der Waals surface area contributed by atoms with Crippen LogP contribution in [0.5, 0.6) is 0 Å². The Hall–Kier alpha value is -0.830. The average molecular weight is 179 g/mol. The molecule has 0 bridgehead atoms. The zero-order valence-electron chi connectivity index (χ0n) is 8.16. The smallest absolute Gasteiger partial charge is 0.0763 e. The molecule has 1 aliphatic carbocycles. The van der Waals surface area contributed by atoms with Crippen molar-refractivity contribution in [2.75, 3.05) is 0 Å². The summed E-state index contributed by atoms with van der Waals surface area (Å²) in [6.07, 6.45) is 4.03. The number of hydrogen-bond acceptors (Lipinski definition) is 2. The van der Waals surface area contributed by atoms with E-state index in [9.17, 15) is 0 Å². The maximum Gasteiger partial charge on any atom is 0.0763 e. The zero-order valence-corrected chi connectivity index (χ0v) is 8.16. The number of nitrogens with zero attached hydrogens (tertiary/aromatic N) is 2. The van der Waals surface area contributed by atoms with Crippen molar-refractivity contribution in [3.8, 4) is 0 Å². The molecule has 0 radical (unpaired) electrons. The minimum Gasteiger partial charge on any atom is -0.325 e. The Morgan fingerprint density at radius 1 is 1.62 bits per heavy atom. The molecule has 1 fully saturated rings. The Balaban J connectivity index is 2.25. The molecule has 0 aromatic carbocycles. The molecule has 3 nitrogen and oxygen atoms in total. The highest BCUT2D eigenvalue weighted by atomic mass is 15.3. The molecule has 0 atom stereocenters. The third-order valence-electron chi connectivity index (χ3n) is 2.89. The summed E-state index contributed by atoms with van der Waals surface area (Å²) in [7, 11) is 0. The Morgan fingerprint density at radius 3 is 2.85 bits per heavy atom. The van der Waals surface area contributed by atoms with Crippen LogP contribution in [0.2, 0.25) is 0 Å². The molecule has 1 saturated carbocycles. The van der Waals surface area contributed by atoms with Crippen molar-refractivity contribution in [3.63, 3.8) is 0 Å². The highest BCUT2D eigenvalue weighted by Gasteiger charge is 2.23. The van der Waals surface area contributed by atoms with Crippen molar-refractivity contribution in [1.29, 1.82) is 0 Å². The lowest BCUT2D eigenvalue weighted by Crippen LogP contribution is -2.14. The first-order valence-electron chi connectivity index (χ1n) is 5.11. The van der Waals surface area contributed by atoms with E-state index in [1.807, 2.05) is 0 Å². The molecule has 0 aliphatic heterocycles. The number of hydrogen-bond donors (Lipinski definition) is 1. The lowest BCUT2D eigenvalue weighted by atomic mass is 9.83. The van der Waals surface area contributed by atoms with E-state index in [0.29, 0.717) is 6.54 Å². The van der Waals surface area contributed by atoms with Crippen molar-refractivity contribution in [2.24, 2.45) is 5.73 Å². The summed E-state index contributed by atoms with van der Waals surface area (Å²) in [6, 6.07) is 2.17. The van der Waals surface area contributed by atoms with Crippen LogP contribution in [-0.4, -0.2) is 9.78 Å². The van der Waals surface area contributed by atoms with Crippen LogP contribution < -0.4 is 5.73 Å². The van der Waals surface area contributed by atoms with Gasteiger partial charge in [-0.15, -0.1) is 0 Å². The lowest BCUT2D eigenvalue weighted by molar-refractivity contribution is 0.390. The molecular weight excluding hydrogens is 162 g/mol. The van der Waals surface area contributed by atoms with Gasteiger partial charge in [-0.3, -0.25) is 4.68 Å². The lowest BCUT2D eigenvalue weighted by Gasteiger charge is -2.25. The highest BCUT2D eigenvalue weighted by molar-refractivity contribution is 5.16. The van der Waals surface area contributed by atoms with E-state index in [0.717, 1.165) is 18.2 Å².